The molecule has 33 heavy (non-hydrogen) atoms. The molecule has 4 rings (SSSR count). The second-order valence-corrected chi connectivity index (χ2v) is 7.91. The number of fused-ring (bicyclic) bond motifs is 1. The van der Waals surface area contributed by atoms with E-state index in [1.54, 1.807) is 31.2 Å². The molecule has 2 amide bonds. The normalized spacial score (nSPS) is 12.5. The Morgan fingerprint density at radius 2 is 1.42 bits per heavy atom. The SMILES string of the molecule is C[C@H](Oc1ccc2ccccc2c1)C(=O)Nc1ccccc1C(=O)N[C@H](C)c1ccccc1. The minimum absolute atomic E-state index is 0.169. The number of hydrogen-bond donors (Lipinski definition) is 2. The van der Waals surface area contributed by atoms with Crippen LogP contribution in [-0.2, 0) is 4.79 Å². The zero-order chi connectivity index (χ0) is 23.2. The molecule has 2 N–H and O–H groups in total. The summed E-state index contributed by atoms with van der Waals surface area (Å²) in [5, 5.41) is 7.97. The quantitative estimate of drug-likeness (QED) is 0.387. The fourth-order valence-corrected chi connectivity index (χ4v) is 3.62. The van der Waals surface area contributed by atoms with Gasteiger partial charge in [0.15, 0.2) is 6.10 Å². The molecule has 0 aliphatic rings. The number of benzene rings is 4. The molecule has 0 radical (unpaired) electrons. The summed E-state index contributed by atoms with van der Waals surface area (Å²) in [6, 6.07) is 30.2. The summed E-state index contributed by atoms with van der Waals surface area (Å²) in [7, 11) is 0. The van der Waals surface area contributed by atoms with Crippen LogP contribution in [0.4, 0.5) is 5.69 Å². The van der Waals surface area contributed by atoms with Crippen LogP contribution in [0.5, 0.6) is 5.75 Å². The van der Waals surface area contributed by atoms with E-state index in [1.807, 2.05) is 79.7 Å². The number of rotatable bonds is 7. The summed E-state index contributed by atoms with van der Waals surface area (Å²) in [4.78, 5) is 25.8. The first-order valence-electron chi connectivity index (χ1n) is 10.9. The summed E-state index contributed by atoms with van der Waals surface area (Å²) >= 11 is 0. The van der Waals surface area contributed by atoms with E-state index in [9.17, 15) is 9.59 Å². The molecule has 0 fully saturated rings. The van der Waals surface area contributed by atoms with Crippen molar-refractivity contribution in [2.45, 2.75) is 26.0 Å². The largest absolute Gasteiger partial charge is 0.481 e. The van der Waals surface area contributed by atoms with Gasteiger partial charge in [0.1, 0.15) is 5.75 Å². The zero-order valence-corrected chi connectivity index (χ0v) is 18.6. The van der Waals surface area contributed by atoms with Crippen LogP contribution in [0.2, 0.25) is 0 Å². The first-order valence-corrected chi connectivity index (χ1v) is 10.9. The number of carbonyl (C=O) groups is 2. The van der Waals surface area contributed by atoms with E-state index in [2.05, 4.69) is 10.6 Å². The minimum Gasteiger partial charge on any atom is -0.481 e. The molecule has 0 heterocycles. The van der Waals surface area contributed by atoms with Crippen molar-refractivity contribution in [1.29, 1.82) is 0 Å². The lowest BCUT2D eigenvalue weighted by molar-refractivity contribution is -0.122. The number of carbonyl (C=O) groups excluding carboxylic acids is 2. The summed E-state index contributed by atoms with van der Waals surface area (Å²) in [5.41, 5.74) is 1.84. The van der Waals surface area contributed by atoms with E-state index in [0.717, 1.165) is 16.3 Å². The van der Waals surface area contributed by atoms with Gasteiger partial charge in [0.2, 0.25) is 0 Å². The summed E-state index contributed by atoms with van der Waals surface area (Å²) in [6.07, 6.45) is -0.745. The van der Waals surface area contributed by atoms with Gasteiger partial charge in [-0.15, -0.1) is 0 Å². The summed E-state index contributed by atoms with van der Waals surface area (Å²) in [5.74, 6) is 0.0175. The number of anilines is 1. The molecule has 0 saturated carbocycles. The molecule has 4 aromatic rings. The van der Waals surface area contributed by atoms with Crippen molar-refractivity contribution in [3.63, 3.8) is 0 Å². The lowest BCUT2D eigenvalue weighted by atomic mass is 10.1. The fourth-order valence-electron chi connectivity index (χ4n) is 3.62. The molecule has 2 atom stereocenters. The van der Waals surface area contributed by atoms with Crippen LogP contribution in [0.25, 0.3) is 10.8 Å². The highest BCUT2D eigenvalue weighted by Crippen LogP contribution is 2.22. The van der Waals surface area contributed by atoms with Gasteiger partial charge in [-0.25, -0.2) is 0 Å². The third kappa shape index (κ3) is 5.39. The fraction of sp³-hybridized carbons (Fsp3) is 0.143. The van der Waals surface area contributed by atoms with Gasteiger partial charge in [-0.2, -0.15) is 0 Å². The Hall–Kier alpha value is -4.12. The third-order valence-corrected chi connectivity index (χ3v) is 5.48. The number of amides is 2. The number of hydrogen-bond acceptors (Lipinski definition) is 3. The lowest BCUT2D eigenvalue weighted by Gasteiger charge is -2.18. The van der Waals surface area contributed by atoms with Crippen molar-refractivity contribution in [2.24, 2.45) is 0 Å². The van der Waals surface area contributed by atoms with E-state index in [1.165, 1.54) is 0 Å². The van der Waals surface area contributed by atoms with Crippen molar-refractivity contribution >= 4 is 28.3 Å². The van der Waals surface area contributed by atoms with E-state index in [4.69, 9.17) is 4.74 Å². The maximum Gasteiger partial charge on any atom is 0.265 e. The Morgan fingerprint density at radius 1 is 0.758 bits per heavy atom. The molecular weight excluding hydrogens is 412 g/mol. The smallest absolute Gasteiger partial charge is 0.265 e. The molecular formula is C28H26N2O3. The molecule has 0 aliphatic heterocycles. The van der Waals surface area contributed by atoms with E-state index < -0.39 is 6.10 Å². The minimum atomic E-state index is -0.745. The standard InChI is InChI=1S/C28H26N2O3/c1-19(21-10-4-3-5-11-21)29-28(32)25-14-8-9-15-26(25)30-27(31)20(2)33-24-17-16-22-12-6-7-13-23(22)18-24/h3-20H,1-2H3,(H,29,32)(H,30,31)/t19-,20+/m1/s1. The van der Waals surface area contributed by atoms with E-state index in [-0.39, 0.29) is 17.9 Å². The molecule has 166 valence electrons. The van der Waals surface area contributed by atoms with Crippen LogP contribution in [0.3, 0.4) is 0 Å². The Bertz CT molecular complexity index is 1270. The van der Waals surface area contributed by atoms with Crippen molar-refractivity contribution in [3.05, 3.63) is 108 Å². The van der Waals surface area contributed by atoms with Crippen LogP contribution in [-0.4, -0.2) is 17.9 Å². The van der Waals surface area contributed by atoms with E-state index in [0.29, 0.717) is 17.0 Å². The number of ether oxygens (including phenoxy) is 1. The molecule has 5 heteroatoms. The Morgan fingerprint density at radius 3 is 2.21 bits per heavy atom. The highest BCUT2D eigenvalue weighted by atomic mass is 16.5. The van der Waals surface area contributed by atoms with Gasteiger partial charge in [-0.1, -0.05) is 72.8 Å². The van der Waals surface area contributed by atoms with Gasteiger partial charge in [0.05, 0.1) is 17.3 Å². The molecule has 0 bridgehead atoms. The van der Waals surface area contributed by atoms with Crippen molar-refractivity contribution in [1.82, 2.24) is 5.32 Å². The summed E-state index contributed by atoms with van der Waals surface area (Å²) < 4.78 is 5.87. The second kappa shape index (κ2) is 10.0. The lowest BCUT2D eigenvalue weighted by Crippen LogP contribution is -2.32. The Labute approximate surface area is 193 Å². The van der Waals surface area contributed by atoms with Crippen LogP contribution in [0.1, 0.15) is 35.8 Å². The highest BCUT2D eigenvalue weighted by Gasteiger charge is 2.19. The van der Waals surface area contributed by atoms with Gasteiger partial charge in [-0.3, -0.25) is 9.59 Å². The molecule has 4 aromatic carbocycles. The van der Waals surface area contributed by atoms with E-state index >= 15 is 0 Å². The van der Waals surface area contributed by atoms with Crippen LogP contribution in [0, 0.1) is 0 Å². The third-order valence-electron chi connectivity index (χ3n) is 5.48. The molecule has 0 aromatic heterocycles. The van der Waals surface area contributed by atoms with Crippen LogP contribution < -0.4 is 15.4 Å². The zero-order valence-electron chi connectivity index (χ0n) is 18.6. The molecule has 0 unspecified atom stereocenters. The van der Waals surface area contributed by atoms with Gasteiger partial charge in [-0.05, 0) is 54.4 Å². The maximum atomic E-state index is 12.9. The average Bonchev–Trinajstić information content (AvgIpc) is 2.84. The predicted octanol–water partition coefficient (Wildman–Crippen LogP) is 5.74. The van der Waals surface area contributed by atoms with Gasteiger partial charge < -0.3 is 15.4 Å². The molecule has 0 aliphatic carbocycles. The maximum absolute atomic E-state index is 12.9. The van der Waals surface area contributed by atoms with Crippen molar-refractivity contribution < 1.29 is 14.3 Å². The first-order chi connectivity index (χ1) is 16.0. The molecule has 5 nitrogen and oxygen atoms in total. The van der Waals surface area contributed by atoms with Crippen LogP contribution >= 0.6 is 0 Å². The van der Waals surface area contributed by atoms with Crippen LogP contribution in [0.15, 0.2) is 97.1 Å². The topological polar surface area (TPSA) is 67.4 Å². The highest BCUT2D eigenvalue weighted by molar-refractivity contribution is 6.04. The number of nitrogens with one attached hydrogen (secondary N) is 2. The van der Waals surface area contributed by atoms with Gasteiger partial charge in [0.25, 0.3) is 11.8 Å². The Kier molecular flexibility index (Phi) is 6.69. The van der Waals surface area contributed by atoms with Gasteiger partial charge >= 0.3 is 0 Å². The predicted molar refractivity (Wildman–Crippen MR) is 131 cm³/mol. The van der Waals surface area contributed by atoms with Crippen molar-refractivity contribution in [2.75, 3.05) is 5.32 Å². The Balaban J connectivity index is 1.43. The number of para-hydroxylation sites is 1. The first kappa shape index (κ1) is 22.1. The van der Waals surface area contributed by atoms with Gasteiger partial charge in [0, 0.05) is 0 Å². The average molecular weight is 439 g/mol. The molecule has 0 saturated heterocycles. The second-order valence-electron chi connectivity index (χ2n) is 7.91. The summed E-state index contributed by atoms with van der Waals surface area (Å²) in [6.45, 7) is 3.61. The van der Waals surface area contributed by atoms with Crippen molar-refractivity contribution in [3.8, 4) is 5.75 Å². The molecule has 0 spiro atoms. The monoisotopic (exact) mass is 438 g/mol.